The van der Waals surface area contributed by atoms with E-state index in [0.717, 1.165) is 21.8 Å². The Balaban J connectivity index is 1.50. The third-order valence-corrected chi connectivity index (χ3v) is 5.66. The second-order valence-corrected chi connectivity index (χ2v) is 8.39. The number of nitrogens with zero attached hydrogens (tertiary/aromatic N) is 1. The molecule has 1 aliphatic rings. The van der Waals surface area contributed by atoms with Crippen molar-refractivity contribution in [2.45, 2.75) is 0 Å². The van der Waals surface area contributed by atoms with E-state index in [1.54, 1.807) is 36.4 Å². The third-order valence-electron chi connectivity index (χ3n) is 3.97. The number of carbonyl (C=O) groups is 2. The highest BCUT2D eigenvalue weighted by Gasteiger charge is 2.25. The van der Waals surface area contributed by atoms with Gasteiger partial charge in [-0.2, -0.15) is 4.99 Å². The summed E-state index contributed by atoms with van der Waals surface area (Å²) in [4.78, 5) is 28.8. The largest absolute Gasteiger partial charge is 0.457 e. The number of furan rings is 1. The van der Waals surface area contributed by atoms with Crippen LogP contribution in [0.2, 0.25) is 5.02 Å². The fourth-order valence-corrected chi connectivity index (χ4v) is 3.75. The van der Waals surface area contributed by atoms with Crippen molar-refractivity contribution in [3.63, 3.8) is 0 Å². The predicted octanol–water partition coefficient (Wildman–Crippen LogP) is 5.76. The average molecular weight is 488 g/mol. The molecular formula is C21H12BrClN2O3S. The number of hydrogen-bond donors (Lipinski definition) is 1. The van der Waals surface area contributed by atoms with Gasteiger partial charge in [-0.1, -0.05) is 39.7 Å². The van der Waals surface area contributed by atoms with E-state index in [2.05, 4.69) is 26.2 Å². The Hall–Kier alpha value is -2.61. The number of thioether (sulfide) groups is 1. The number of hydrogen-bond acceptors (Lipinski definition) is 4. The normalized spacial score (nSPS) is 16.4. The molecule has 4 rings (SSSR count). The zero-order valence-corrected chi connectivity index (χ0v) is 17.8. The van der Waals surface area contributed by atoms with Crippen LogP contribution in [0.25, 0.3) is 17.4 Å². The van der Waals surface area contributed by atoms with Gasteiger partial charge in [0.05, 0.1) is 4.91 Å². The number of carbonyl (C=O) groups excluding carboxylic acids is 2. The van der Waals surface area contributed by atoms with E-state index >= 15 is 0 Å². The average Bonchev–Trinajstić information content (AvgIpc) is 3.30. The molecule has 2 heterocycles. The van der Waals surface area contributed by atoms with Crippen LogP contribution >= 0.6 is 39.3 Å². The molecule has 8 heteroatoms. The Morgan fingerprint density at radius 1 is 1.07 bits per heavy atom. The maximum absolute atomic E-state index is 12.2. The monoisotopic (exact) mass is 486 g/mol. The lowest BCUT2D eigenvalue weighted by Crippen LogP contribution is -2.20. The smallest absolute Gasteiger partial charge is 0.279 e. The minimum atomic E-state index is -0.457. The first-order valence-electron chi connectivity index (χ1n) is 8.43. The minimum Gasteiger partial charge on any atom is -0.457 e. The molecule has 1 aromatic heterocycles. The van der Waals surface area contributed by atoms with Gasteiger partial charge in [-0.25, -0.2) is 0 Å². The molecule has 29 heavy (non-hydrogen) atoms. The molecule has 0 spiro atoms. The maximum Gasteiger partial charge on any atom is 0.279 e. The van der Waals surface area contributed by atoms with Crippen LogP contribution in [-0.2, 0) is 4.79 Å². The van der Waals surface area contributed by atoms with Gasteiger partial charge in [-0.05, 0) is 60.3 Å². The zero-order valence-electron chi connectivity index (χ0n) is 14.7. The van der Waals surface area contributed by atoms with Crippen LogP contribution in [0.15, 0.2) is 79.5 Å². The Labute approximate surface area is 184 Å². The highest BCUT2D eigenvalue weighted by atomic mass is 79.9. The lowest BCUT2D eigenvalue weighted by Gasteiger charge is -1.97. The van der Waals surface area contributed by atoms with Crippen LogP contribution in [0.5, 0.6) is 0 Å². The molecule has 2 amide bonds. The van der Waals surface area contributed by atoms with E-state index in [9.17, 15) is 9.59 Å². The lowest BCUT2D eigenvalue weighted by molar-refractivity contribution is -0.115. The summed E-state index contributed by atoms with van der Waals surface area (Å²) in [6.07, 6.45) is 1.62. The number of nitrogens with one attached hydrogen (secondary N) is 1. The number of aliphatic imine (C=N–C) groups is 1. The quantitative estimate of drug-likeness (QED) is 0.477. The van der Waals surface area contributed by atoms with Gasteiger partial charge in [0, 0.05) is 26.7 Å². The molecule has 5 nitrogen and oxygen atoms in total. The Morgan fingerprint density at radius 2 is 1.79 bits per heavy atom. The Morgan fingerprint density at radius 3 is 2.52 bits per heavy atom. The summed E-state index contributed by atoms with van der Waals surface area (Å²) >= 11 is 10.3. The second kappa shape index (κ2) is 8.41. The molecule has 3 aromatic rings. The van der Waals surface area contributed by atoms with Crippen LogP contribution in [0, 0.1) is 0 Å². The molecule has 0 atom stereocenters. The summed E-state index contributed by atoms with van der Waals surface area (Å²) in [7, 11) is 0. The van der Waals surface area contributed by atoms with Crippen molar-refractivity contribution >= 4 is 62.4 Å². The van der Waals surface area contributed by atoms with Gasteiger partial charge < -0.3 is 9.73 Å². The van der Waals surface area contributed by atoms with Crippen LogP contribution in [0.3, 0.4) is 0 Å². The van der Waals surface area contributed by atoms with Gasteiger partial charge >= 0.3 is 0 Å². The molecule has 0 saturated carbocycles. The fourth-order valence-electron chi connectivity index (χ4n) is 2.56. The van der Waals surface area contributed by atoms with Crippen LogP contribution in [-0.4, -0.2) is 17.0 Å². The second-order valence-electron chi connectivity index (χ2n) is 6.00. The van der Waals surface area contributed by atoms with Crippen molar-refractivity contribution < 1.29 is 14.0 Å². The number of benzene rings is 2. The minimum absolute atomic E-state index is 0.223. The summed E-state index contributed by atoms with van der Waals surface area (Å²) in [6, 6.07) is 17.7. The molecule has 1 N–H and O–H groups in total. The number of halogens is 2. The molecule has 2 aromatic carbocycles. The summed E-state index contributed by atoms with van der Waals surface area (Å²) in [5.41, 5.74) is 1.32. The van der Waals surface area contributed by atoms with Crippen LogP contribution in [0.1, 0.15) is 16.1 Å². The summed E-state index contributed by atoms with van der Waals surface area (Å²) < 4.78 is 6.79. The van der Waals surface area contributed by atoms with Crippen LogP contribution < -0.4 is 5.32 Å². The first-order chi connectivity index (χ1) is 14.0. The first kappa shape index (κ1) is 19.7. The van der Waals surface area contributed by atoms with Crippen molar-refractivity contribution in [1.82, 2.24) is 5.32 Å². The first-order valence-corrected chi connectivity index (χ1v) is 10.4. The molecule has 0 bridgehead atoms. The lowest BCUT2D eigenvalue weighted by atomic mass is 10.2. The highest BCUT2D eigenvalue weighted by Crippen LogP contribution is 2.29. The van der Waals surface area contributed by atoms with Crippen molar-refractivity contribution in [2.75, 3.05) is 0 Å². The van der Waals surface area contributed by atoms with Crippen LogP contribution in [0.4, 0.5) is 0 Å². The molecular weight excluding hydrogens is 476 g/mol. The molecule has 1 saturated heterocycles. The number of amidine groups is 1. The topological polar surface area (TPSA) is 71.7 Å². The van der Waals surface area contributed by atoms with Gasteiger partial charge in [-0.3, -0.25) is 9.59 Å². The maximum atomic E-state index is 12.2. The van der Waals surface area contributed by atoms with Crippen molar-refractivity contribution in [1.29, 1.82) is 0 Å². The van der Waals surface area contributed by atoms with E-state index < -0.39 is 5.91 Å². The van der Waals surface area contributed by atoms with Gasteiger partial charge in [-0.15, -0.1) is 0 Å². The zero-order chi connectivity index (χ0) is 20.4. The SMILES string of the molecule is O=C1NC(=NC(=O)c2ccc(Cl)cc2)S/C1=C\c1ccc(-c2ccc(Br)cc2)o1. The van der Waals surface area contributed by atoms with Crippen molar-refractivity contribution in [2.24, 2.45) is 4.99 Å². The standard InChI is InChI=1S/C21H12BrClN2O3S/c22-14-5-1-12(2-6-14)17-10-9-16(28-17)11-18-20(27)25-21(29-18)24-19(26)13-3-7-15(23)8-4-13/h1-11H,(H,24,25,26,27)/b18-11-. The number of rotatable bonds is 3. The van der Waals surface area contributed by atoms with Gasteiger partial charge in [0.15, 0.2) is 5.17 Å². The Bertz CT molecular complexity index is 1150. The molecule has 144 valence electrons. The van der Waals surface area contributed by atoms with Gasteiger partial charge in [0.2, 0.25) is 0 Å². The molecule has 0 unspecified atom stereocenters. The van der Waals surface area contributed by atoms with E-state index in [1.165, 1.54) is 0 Å². The van der Waals surface area contributed by atoms with E-state index in [1.807, 2.05) is 30.3 Å². The Kier molecular flexibility index (Phi) is 5.71. The summed E-state index contributed by atoms with van der Waals surface area (Å²) in [6.45, 7) is 0. The van der Waals surface area contributed by atoms with E-state index in [0.29, 0.717) is 27.0 Å². The summed E-state index contributed by atoms with van der Waals surface area (Å²) in [5.74, 6) is 0.436. The number of amides is 2. The van der Waals surface area contributed by atoms with E-state index in [-0.39, 0.29) is 11.1 Å². The van der Waals surface area contributed by atoms with Crippen molar-refractivity contribution in [3.05, 3.63) is 86.4 Å². The van der Waals surface area contributed by atoms with Crippen molar-refractivity contribution in [3.8, 4) is 11.3 Å². The van der Waals surface area contributed by atoms with E-state index in [4.69, 9.17) is 16.0 Å². The molecule has 1 fully saturated rings. The summed E-state index contributed by atoms with van der Waals surface area (Å²) in [5, 5.41) is 3.35. The van der Waals surface area contributed by atoms with Gasteiger partial charge in [0.1, 0.15) is 11.5 Å². The highest BCUT2D eigenvalue weighted by molar-refractivity contribution is 9.10. The third kappa shape index (κ3) is 4.70. The molecule has 0 aliphatic carbocycles. The molecule has 0 radical (unpaired) electrons. The fraction of sp³-hybridized carbons (Fsp3) is 0. The predicted molar refractivity (Wildman–Crippen MR) is 119 cm³/mol. The molecule has 1 aliphatic heterocycles. The van der Waals surface area contributed by atoms with Gasteiger partial charge in [0.25, 0.3) is 11.8 Å².